The molecule has 2 aromatic rings. The zero-order chi connectivity index (χ0) is 12.4. The number of rotatable bonds is 4. The minimum Gasteiger partial charge on any atom is -0.481 e. The fourth-order valence-electron chi connectivity index (χ4n) is 1.88. The van der Waals surface area contributed by atoms with Crippen LogP contribution in [0.15, 0.2) is 12.3 Å². The van der Waals surface area contributed by atoms with E-state index in [1.807, 2.05) is 24.5 Å². The number of carboxylic acid groups (broad SMARTS) is 1. The van der Waals surface area contributed by atoms with E-state index < -0.39 is 5.97 Å². The first-order valence-electron chi connectivity index (χ1n) is 5.59. The van der Waals surface area contributed by atoms with Crippen LogP contribution in [0.1, 0.15) is 24.2 Å². The van der Waals surface area contributed by atoms with Gasteiger partial charge >= 0.3 is 5.97 Å². The van der Waals surface area contributed by atoms with E-state index in [4.69, 9.17) is 5.11 Å². The zero-order valence-corrected chi connectivity index (χ0v) is 9.97. The third kappa shape index (κ3) is 2.43. The Labute approximate surface area is 99.1 Å². The summed E-state index contributed by atoms with van der Waals surface area (Å²) in [7, 11) is 0. The van der Waals surface area contributed by atoms with Gasteiger partial charge in [0.1, 0.15) is 11.3 Å². The van der Waals surface area contributed by atoms with E-state index >= 15 is 0 Å². The topological polar surface area (TPSA) is 68.0 Å². The van der Waals surface area contributed by atoms with E-state index in [0.717, 1.165) is 22.6 Å². The molecule has 2 heterocycles. The maximum absolute atomic E-state index is 10.5. The Morgan fingerprint density at radius 1 is 1.47 bits per heavy atom. The molecule has 0 aliphatic carbocycles. The molecule has 0 atom stereocenters. The van der Waals surface area contributed by atoms with Crippen LogP contribution in [0, 0.1) is 13.8 Å². The summed E-state index contributed by atoms with van der Waals surface area (Å²) in [4.78, 5) is 19.3. The lowest BCUT2D eigenvalue weighted by Gasteiger charge is -2.04. The summed E-state index contributed by atoms with van der Waals surface area (Å²) in [6.07, 6.45) is 2.57. The minimum atomic E-state index is -0.768. The number of carboxylic acids is 1. The van der Waals surface area contributed by atoms with Gasteiger partial charge in [0.05, 0.1) is 0 Å². The molecule has 0 unspecified atom stereocenters. The van der Waals surface area contributed by atoms with Crippen molar-refractivity contribution in [2.24, 2.45) is 0 Å². The van der Waals surface area contributed by atoms with E-state index in [2.05, 4.69) is 9.97 Å². The van der Waals surface area contributed by atoms with E-state index in [1.54, 1.807) is 6.20 Å². The Bertz CT molecular complexity index is 560. The van der Waals surface area contributed by atoms with Crippen molar-refractivity contribution in [3.63, 3.8) is 0 Å². The van der Waals surface area contributed by atoms with Crippen molar-refractivity contribution in [3.8, 4) is 0 Å². The highest BCUT2D eigenvalue weighted by Crippen LogP contribution is 2.15. The first kappa shape index (κ1) is 11.6. The molecule has 0 saturated carbocycles. The smallest absolute Gasteiger partial charge is 0.303 e. The van der Waals surface area contributed by atoms with E-state index in [9.17, 15) is 4.79 Å². The number of nitrogens with zero attached hydrogens (tertiary/aromatic N) is 3. The second-order valence-electron chi connectivity index (χ2n) is 4.16. The SMILES string of the molecule is Cc1cnc2c(c1)nc(C)n2CCCC(=O)O. The quantitative estimate of drug-likeness (QED) is 0.875. The van der Waals surface area contributed by atoms with Crippen LogP contribution in [-0.2, 0) is 11.3 Å². The van der Waals surface area contributed by atoms with Crippen molar-refractivity contribution in [3.05, 3.63) is 23.7 Å². The first-order chi connectivity index (χ1) is 8.08. The fraction of sp³-hybridized carbons (Fsp3) is 0.417. The molecule has 0 bridgehead atoms. The highest BCUT2D eigenvalue weighted by molar-refractivity contribution is 5.72. The highest BCUT2D eigenvalue weighted by atomic mass is 16.4. The fourth-order valence-corrected chi connectivity index (χ4v) is 1.88. The number of aryl methyl sites for hydroxylation is 3. The molecule has 0 saturated heterocycles. The second kappa shape index (κ2) is 4.53. The van der Waals surface area contributed by atoms with Crippen LogP contribution in [0.4, 0.5) is 0 Å². The van der Waals surface area contributed by atoms with Gasteiger partial charge < -0.3 is 9.67 Å². The van der Waals surface area contributed by atoms with Gasteiger partial charge in [-0.3, -0.25) is 4.79 Å². The van der Waals surface area contributed by atoms with Crippen LogP contribution < -0.4 is 0 Å². The molecule has 5 heteroatoms. The minimum absolute atomic E-state index is 0.172. The Balaban J connectivity index is 2.27. The largest absolute Gasteiger partial charge is 0.481 e. The molecule has 5 nitrogen and oxygen atoms in total. The predicted molar refractivity (Wildman–Crippen MR) is 63.9 cm³/mol. The number of imidazole rings is 1. The highest BCUT2D eigenvalue weighted by Gasteiger charge is 2.08. The molecule has 2 rings (SSSR count). The molecule has 0 spiro atoms. The molecule has 0 amide bonds. The van der Waals surface area contributed by atoms with Crippen molar-refractivity contribution in [1.29, 1.82) is 0 Å². The summed E-state index contributed by atoms with van der Waals surface area (Å²) in [6.45, 7) is 4.54. The lowest BCUT2D eigenvalue weighted by molar-refractivity contribution is -0.137. The molecule has 0 aromatic carbocycles. The van der Waals surface area contributed by atoms with Crippen molar-refractivity contribution in [1.82, 2.24) is 14.5 Å². The van der Waals surface area contributed by atoms with Crippen LogP contribution in [0.2, 0.25) is 0 Å². The molecule has 1 N–H and O–H groups in total. The van der Waals surface area contributed by atoms with Gasteiger partial charge in [0.15, 0.2) is 5.65 Å². The van der Waals surface area contributed by atoms with Crippen molar-refractivity contribution >= 4 is 17.1 Å². The lowest BCUT2D eigenvalue weighted by atomic mass is 10.3. The average molecular weight is 233 g/mol. The number of hydrogen-bond acceptors (Lipinski definition) is 3. The molecular formula is C12H15N3O2. The zero-order valence-electron chi connectivity index (χ0n) is 9.97. The monoisotopic (exact) mass is 233 g/mol. The van der Waals surface area contributed by atoms with Crippen LogP contribution in [0.5, 0.6) is 0 Å². The molecule has 17 heavy (non-hydrogen) atoms. The third-order valence-electron chi connectivity index (χ3n) is 2.68. The van der Waals surface area contributed by atoms with Gasteiger partial charge in [0.25, 0.3) is 0 Å². The summed E-state index contributed by atoms with van der Waals surface area (Å²) in [5, 5.41) is 8.62. The predicted octanol–water partition coefficient (Wildman–Crippen LogP) is 1.91. The number of aliphatic carboxylic acids is 1. The number of carbonyl (C=O) groups is 1. The Kier molecular flexibility index (Phi) is 3.08. The summed E-state index contributed by atoms with van der Waals surface area (Å²) >= 11 is 0. The van der Waals surface area contributed by atoms with E-state index in [1.165, 1.54) is 0 Å². The number of fused-ring (bicyclic) bond motifs is 1. The lowest BCUT2D eigenvalue weighted by Crippen LogP contribution is -2.04. The molecule has 0 radical (unpaired) electrons. The Morgan fingerprint density at radius 3 is 2.94 bits per heavy atom. The van der Waals surface area contributed by atoms with Gasteiger partial charge in [-0.1, -0.05) is 0 Å². The van der Waals surface area contributed by atoms with Crippen molar-refractivity contribution < 1.29 is 9.90 Å². The van der Waals surface area contributed by atoms with E-state index in [0.29, 0.717) is 13.0 Å². The third-order valence-corrected chi connectivity index (χ3v) is 2.68. The standard InChI is InChI=1S/C12H15N3O2/c1-8-6-10-12(13-7-8)15(9(2)14-10)5-3-4-11(16)17/h6-7H,3-5H2,1-2H3,(H,16,17). The first-order valence-corrected chi connectivity index (χ1v) is 5.59. The average Bonchev–Trinajstić information content (AvgIpc) is 2.54. The molecular weight excluding hydrogens is 218 g/mol. The maximum atomic E-state index is 10.5. The van der Waals surface area contributed by atoms with Crippen molar-refractivity contribution in [2.75, 3.05) is 0 Å². The maximum Gasteiger partial charge on any atom is 0.303 e. The molecule has 2 aromatic heterocycles. The second-order valence-corrected chi connectivity index (χ2v) is 4.16. The number of pyridine rings is 1. The summed E-state index contributed by atoms with van der Waals surface area (Å²) in [5.41, 5.74) is 2.78. The van der Waals surface area contributed by atoms with Crippen LogP contribution >= 0.6 is 0 Å². The molecule has 0 aliphatic heterocycles. The van der Waals surface area contributed by atoms with Crippen LogP contribution in [-0.4, -0.2) is 25.6 Å². The van der Waals surface area contributed by atoms with Gasteiger partial charge in [-0.15, -0.1) is 0 Å². The molecule has 0 fully saturated rings. The van der Waals surface area contributed by atoms with Gasteiger partial charge in [0, 0.05) is 19.2 Å². The van der Waals surface area contributed by atoms with Crippen LogP contribution in [0.3, 0.4) is 0 Å². The summed E-state index contributed by atoms with van der Waals surface area (Å²) < 4.78 is 1.97. The molecule has 90 valence electrons. The van der Waals surface area contributed by atoms with Gasteiger partial charge in [-0.05, 0) is 31.9 Å². The van der Waals surface area contributed by atoms with Gasteiger partial charge in [-0.2, -0.15) is 0 Å². The van der Waals surface area contributed by atoms with Crippen molar-refractivity contribution in [2.45, 2.75) is 33.2 Å². The van der Waals surface area contributed by atoms with Gasteiger partial charge in [0.2, 0.25) is 0 Å². The number of hydrogen-bond donors (Lipinski definition) is 1. The molecule has 0 aliphatic rings. The number of aromatic nitrogens is 3. The van der Waals surface area contributed by atoms with Gasteiger partial charge in [-0.25, -0.2) is 9.97 Å². The van der Waals surface area contributed by atoms with E-state index in [-0.39, 0.29) is 6.42 Å². The Morgan fingerprint density at radius 2 is 2.24 bits per heavy atom. The normalized spacial score (nSPS) is 10.9. The summed E-state index contributed by atoms with van der Waals surface area (Å²) in [6, 6.07) is 1.99. The van der Waals surface area contributed by atoms with Crippen LogP contribution in [0.25, 0.3) is 11.2 Å². The summed E-state index contributed by atoms with van der Waals surface area (Å²) in [5.74, 6) is 0.111. The Hall–Kier alpha value is -1.91.